The second-order valence-electron chi connectivity index (χ2n) is 7.47. The third-order valence-electron chi connectivity index (χ3n) is 2.78. The van der Waals surface area contributed by atoms with E-state index in [1.807, 2.05) is 26.2 Å². The van der Waals surface area contributed by atoms with Crippen molar-refractivity contribution in [1.82, 2.24) is 20.9 Å². The van der Waals surface area contributed by atoms with Gasteiger partial charge in [0.2, 0.25) is 5.91 Å². The van der Waals surface area contributed by atoms with Gasteiger partial charge >= 0.3 is 0 Å². The van der Waals surface area contributed by atoms with Crippen LogP contribution in [-0.4, -0.2) is 36.0 Å². The number of carbonyl (C=O) groups is 1. The maximum atomic E-state index is 11.8. The number of amides is 1. The number of rotatable bonds is 4. The van der Waals surface area contributed by atoms with Gasteiger partial charge in [-0.05, 0) is 20.8 Å². The summed E-state index contributed by atoms with van der Waals surface area (Å²) in [5.74, 6) is 0.517. The Kier molecular flexibility index (Phi) is 9.19. The van der Waals surface area contributed by atoms with Crippen LogP contribution < -0.4 is 16.0 Å². The molecule has 3 N–H and O–H groups in total. The van der Waals surface area contributed by atoms with Crippen LogP contribution in [0.5, 0.6) is 0 Å². The second kappa shape index (κ2) is 9.55. The number of guanidine groups is 1. The number of carbonyl (C=O) groups excluding carboxylic acids is 1. The normalized spacial score (nSPS) is 12.4. The van der Waals surface area contributed by atoms with Crippen LogP contribution in [0.3, 0.4) is 0 Å². The molecule has 138 valence electrons. The topological polar surface area (TPSA) is 78.4 Å². The molecule has 6 nitrogen and oxygen atoms in total. The summed E-state index contributed by atoms with van der Waals surface area (Å²) in [5, 5.41) is 12.2. The van der Waals surface area contributed by atoms with Gasteiger partial charge in [0.15, 0.2) is 5.96 Å². The van der Waals surface area contributed by atoms with Crippen LogP contribution >= 0.6 is 35.3 Å². The third kappa shape index (κ3) is 8.81. The van der Waals surface area contributed by atoms with E-state index >= 15 is 0 Å². The molecule has 1 aromatic heterocycles. The van der Waals surface area contributed by atoms with Crippen LogP contribution in [0.4, 0.5) is 0 Å². The highest BCUT2D eigenvalue weighted by atomic mass is 127. The molecular weight excluding hydrogens is 437 g/mol. The van der Waals surface area contributed by atoms with Crippen molar-refractivity contribution in [3.63, 3.8) is 0 Å². The SMILES string of the molecule is CN=C(NCC(=O)NC(C)(C)C)NCc1csc(C(C)(C)C)n1.I. The summed E-state index contributed by atoms with van der Waals surface area (Å²) in [4.78, 5) is 20.5. The highest BCUT2D eigenvalue weighted by Gasteiger charge is 2.18. The molecule has 1 amide bonds. The maximum absolute atomic E-state index is 11.8. The largest absolute Gasteiger partial charge is 0.351 e. The van der Waals surface area contributed by atoms with Crippen molar-refractivity contribution < 1.29 is 4.79 Å². The number of nitrogens with zero attached hydrogens (tertiary/aromatic N) is 2. The van der Waals surface area contributed by atoms with E-state index in [1.54, 1.807) is 18.4 Å². The number of thiazole rings is 1. The average Bonchev–Trinajstić information content (AvgIpc) is 2.85. The molecule has 0 aliphatic carbocycles. The highest BCUT2D eigenvalue weighted by Crippen LogP contribution is 2.25. The molecule has 0 spiro atoms. The highest BCUT2D eigenvalue weighted by molar-refractivity contribution is 14.0. The minimum atomic E-state index is -0.236. The predicted molar refractivity (Wildman–Crippen MR) is 112 cm³/mol. The van der Waals surface area contributed by atoms with Crippen LogP contribution in [0.2, 0.25) is 0 Å². The Bertz CT molecular complexity index is 558. The van der Waals surface area contributed by atoms with E-state index in [1.165, 1.54) is 0 Å². The number of aliphatic imine (C=N–C) groups is 1. The van der Waals surface area contributed by atoms with Gasteiger partial charge in [-0.2, -0.15) is 0 Å². The van der Waals surface area contributed by atoms with Gasteiger partial charge in [0.25, 0.3) is 0 Å². The second-order valence-corrected chi connectivity index (χ2v) is 8.33. The van der Waals surface area contributed by atoms with Crippen LogP contribution in [0.15, 0.2) is 10.4 Å². The van der Waals surface area contributed by atoms with Gasteiger partial charge in [-0.25, -0.2) is 4.98 Å². The van der Waals surface area contributed by atoms with Gasteiger partial charge in [0, 0.05) is 23.4 Å². The molecule has 0 atom stereocenters. The summed E-state index contributed by atoms with van der Waals surface area (Å²) in [6.07, 6.45) is 0. The third-order valence-corrected chi connectivity index (χ3v) is 4.10. The Morgan fingerprint density at radius 1 is 1.21 bits per heavy atom. The first kappa shape index (κ1) is 23.1. The Morgan fingerprint density at radius 2 is 1.83 bits per heavy atom. The van der Waals surface area contributed by atoms with Crippen LogP contribution in [-0.2, 0) is 16.8 Å². The Hall–Kier alpha value is -0.900. The predicted octanol–water partition coefficient (Wildman–Crippen LogP) is 2.64. The van der Waals surface area contributed by atoms with Crippen LogP contribution in [0.25, 0.3) is 0 Å². The van der Waals surface area contributed by atoms with E-state index in [4.69, 9.17) is 0 Å². The lowest BCUT2D eigenvalue weighted by molar-refractivity contribution is -0.121. The lowest BCUT2D eigenvalue weighted by atomic mass is 9.98. The Balaban J connectivity index is 0.00000529. The number of aromatic nitrogens is 1. The van der Waals surface area contributed by atoms with E-state index in [2.05, 4.69) is 46.7 Å². The first-order valence-electron chi connectivity index (χ1n) is 7.71. The summed E-state index contributed by atoms with van der Waals surface area (Å²) in [7, 11) is 1.68. The smallest absolute Gasteiger partial charge is 0.239 e. The molecule has 1 heterocycles. The van der Waals surface area contributed by atoms with Gasteiger partial charge in [-0.3, -0.25) is 9.79 Å². The van der Waals surface area contributed by atoms with E-state index in [-0.39, 0.29) is 47.4 Å². The van der Waals surface area contributed by atoms with E-state index in [0.29, 0.717) is 12.5 Å². The minimum Gasteiger partial charge on any atom is -0.351 e. The average molecular weight is 467 g/mol. The van der Waals surface area contributed by atoms with Gasteiger partial charge < -0.3 is 16.0 Å². The maximum Gasteiger partial charge on any atom is 0.239 e. The van der Waals surface area contributed by atoms with Crippen molar-refractivity contribution in [2.45, 2.75) is 59.0 Å². The summed E-state index contributed by atoms with van der Waals surface area (Å²) in [6, 6.07) is 0. The molecule has 24 heavy (non-hydrogen) atoms. The van der Waals surface area contributed by atoms with Crippen LogP contribution in [0.1, 0.15) is 52.2 Å². The fraction of sp³-hybridized carbons (Fsp3) is 0.688. The van der Waals surface area contributed by atoms with Crippen molar-refractivity contribution in [2.24, 2.45) is 4.99 Å². The fourth-order valence-corrected chi connectivity index (χ4v) is 2.66. The van der Waals surface area contributed by atoms with Gasteiger partial charge in [-0.1, -0.05) is 20.8 Å². The number of nitrogens with one attached hydrogen (secondary N) is 3. The zero-order chi connectivity index (χ0) is 17.7. The lowest BCUT2D eigenvalue weighted by Crippen LogP contribution is -2.48. The molecule has 0 aromatic carbocycles. The molecule has 0 unspecified atom stereocenters. The molecule has 0 aliphatic rings. The lowest BCUT2D eigenvalue weighted by Gasteiger charge is -2.21. The summed E-state index contributed by atoms with van der Waals surface area (Å²) in [5.41, 5.74) is 0.801. The molecule has 1 aromatic rings. The molecule has 8 heteroatoms. The Labute approximate surface area is 166 Å². The fourth-order valence-electron chi connectivity index (χ4n) is 1.75. The Morgan fingerprint density at radius 3 is 2.29 bits per heavy atom. The molecule has 0 radical (unpaired) electrons. The zero-order valence-electron chi connectivity index (χ0n) is 15.6. The van der Waals surface area contributed by atoms with Gasteiger partial charge in [0.05, 0.1) is 23.8 Å². The standard InChI is InChI=1S/C16H29N5OS.HI/c1-15(2,3)13-20-11(10-23-13)8-18-14(17-7)19-9-12(22)21-16(4,5)6;/h10H,8-9H2,1-7H3,(H,21,22)(H2,17,18,19);1H. The molecule has 0 saturated carbocycles. The summed E-state index contributed by atoms with van der Waals surface area (Å²) in [6.45, 7) is 13.1. The number of hydrogen-bond donors (Lipinski definition) is 3. The molecule has 0 aliphatic heterocycles. The van der Waals surface area contributed by atoms with Gasteiger partial charge in [-0.15, -0.1) is 35.3 Å². The molecule has 1 rings (SSSR count). The zero-order valence-corrected chi connectivity index (χ0v) is 18.8. The van der Waals surface area contributed by atoms with Crippen molar-refractivity contribution in [3.05, 3.63) is 16.1 Å². The van der Waals surface area contributed by atoms with E-state index < -0.39 is 0 Å². The summed E-state index contributed by atoms with van der Waals surface area (Å²) >= 11 is 1.66. The summed E-state index contributed by atoms with van der Waals surface area (Å²) < 4.78 is 0. The molecule has 0 fully saturated rings. The quantitative estimate of drug-likeness (QED) is 0.362. The monoisotopic (exact) mass is 467 g/mol. The van der Waals surface area contributed by atoms with Crippen molar-refractivity contribution >= 4 is 47.2 Å². The minimum absolute atomic E-state index is 0. The van der Waals surface area contributed by atoms with E-state index in [9.17, 15) is 4.79 Å². The first-order valence-corrected chi connectivity index (χ1v) is 8.59. The first-order chi connectivity index (χ1) is 10.5. The molecule has 0 saturated heterocycles. The number of hydrogen-bond acceptors (Lipinski definition) is 4. The van der Waals surface area contributed by atoms with Gasteiger partial charge in [0.1, 0.15) is 0 Å². The van der Waals surface area contributed by atoms with Crippen LogP contribution in [0, 0.1) is 0 Å². The molecular formula is C16H30IN5OS. The van der Waals surface area contributed by atoms with Crippen molar-refractivity contribution in [1.29, 1.82) is 0 Å². The van der Waals surface area contributed by atoms with Crippen molar-refractivity contribution in [2.75, 3.05) is 13.6 Å². The van der Waals surface area contributed by atoms with E-state index in [0.717, 1.165) is 10.7 Å². The van der Waals surface area contributed by atoms with Crippen molar-refractivity contribution in [3.8, 4) is 0 Å². The number of halogens is 1. The molecule has 0 bridgehead atoms.